The summed E-state index contributed by atoms with van der Waals surface area (Å²) in [4.78, 5) is 23.0. The predicted octanol–water partition coefficient (Wildman–Crippen LogP) is 3.16. The van der Waals surface area contributed by atoms with Crippen molar-refractivity contribution in [3.05, 3.63) is 53.9 Å². The zero-order chi connectivity index (χ0) is 17.8. The lowest BCUT2D eigenvalue weighted by atomic mass is 10.2. The molecule has 2 aromatic rings. The van der Waals surface area contributed by atoms with Crippen LogP contribution in [0.15, 0.2) is 42.5 Å². The van der Waals surface area contributed by atoms with Gasteiger partial charge in [-0.2, -0.15) is 0 Å². The quantitative estimate of drug-likeness (QED) is 0.837. The molecule has 2 amide bonds. The van der Waals surface area contributed by atoms with E-state index in [-0.39, 0.29) is 12.5 Å². The Morgan fingerprint density at radius 1 is 1.08 bits per heavy atom. The molecule has 6 nitrogen and oxygen atoms in total. The summed E-state index contributed by atoms with van der Waals surface area (Å²) in [6, 6.07) is 9.25. The van der Waals surface area contributed by atoms with Crippen molar-refractivity contribution in [1.29, 1.82) is 0 Å². The molecule has 1 heterocycles. The van der Waals surface area contributed by atoms with E-state index in [9.17, 15) is 14.0 Å². The Morgan fingerprint density at radius 3 is 2.68 bits per heavy atom. The van der Waals surface area contributed by atoms with Crippen LogP contribution in [0.25, 0.3) is 6.08 Å². The molecule has 0 radical (unpaired) electrons. The molecule has 0 fully saturated rings. The van der Waals surface area contributed by atoms with E-state index in [0.29, 0.717) is 17.2 Å². The summed E-state index contributed by atoms with van der Waals surface area (Å²) in [6.45, 7) is 1.46. The van der Waals surface area contributed by atoms with Crippen LogP contribution in [0.1, 0.15) is 12.5 Å². The van der Waals surface area contributed by atoms with Crippen LogP contribution >= 0.6 is 0 Å². The number of hydrogen-bond donors (Lipinski definition) is 2. The minimum Gasteiger partial charge on any atom is -0.454 e. The Bertz CT molecular complexity index is 864. The molecule has 0 bridgehead atoms. The highest BCUT2D eigenvalue weighted by Gasteiger charge is 2.12. The lowest BCUT2D eigenvalue weighted by Gasteiger charge is -2.07. The second kappa shape index (κ2) is 7.04. The highest BCUT2D eigenvalue weighted by atomic mass is 19.1. The Balaban J connectivity index is 1.67. The van der Waals surface area contributed by atoms with Crippen LogP contribution in [-0.4, -0.2) is 18.6 Å². The summed E-state index contributed by atoms with van der Waals surface area (Å²) in [7, 11) is 0. The van der Waals surface area contributed by atoms with Crippen molar-refractivity contribution in [2.75, 3.05) is 17.4 Å². The van der Waals surface area contributed by atoms with E-state index in [1.165, 1.54) is 31.2 Å². The molecule has 0 aromatic heterocycles. The molecule has 0 spiro atoms. The van der Waals surface area contributed by atoms with Gasteiger partial charge in [-0.3, -0.25) is 9.59 Å². The summed E-state index contributed by atoms with van der Waals surface area (Å²) in [6.07, 6.45) is 2.97. The lowest BCUT2D eigenvalue weighted by molar-refractivity contribution is -0.114. The zero-order valence-electron chi connectivity index (χ0n) is 13.3. The van der Waals surface area contributed by atoms with Crippen LogP contribution in [0, 0.1) is 5.82 Å². The largest absolute Gasteiger partial charge is 0.454 e. The second-order valence-corrected chi connectivity index (χ2v) is 5.31. The first-order valence-electron chi connectivity index (χ1n) is 7.47. The van der Waals surface area contributed by atoms with Crippen LogP contribution < -0.4 is 20.1 Å². The molecular weight excluding hydrogens is 327 g/mol. The lowest BCUT2D eigenvalue weighted by Crippen LogP contribution is -2.10. The van der Waals surface area contributed by atoms with Crippen LogP contribution in [0.3, 0.4) is 0 Å². The first kappa shape index (κ1) is 16.5. The number of ether oxygens (including phenoxy) is 2. The summed E-state index contributed by atoms with van der Waals surface area (Å²) in [5.74, 6) is -0.0771. The van der Waals surface area contributed by atoms with Crippen molar-refractivity contribution >= 4 is 29.3 Å². The van der Waals surface area contributed by atoms with Crippen molar-refractivity contribution < 1.29 is 23.5 Å². The summed E-state index contributed by atoms with van der Waals surface area (Å²) >= 11 is 0. The number of anilines is 2. The second-order valence-electron chi connectivity index (χ2n) is 5.31. The van der Waals surface area contributed by atoms with Gasteiger partial charge in [0.2, 0.25) is 18.6 Å². The van der Waals surface area contributed by atoms with Crippen molar-refractivity contribution in [2.24, 2.45) is 0 Å². The maximum Gasteiger partial charge on any atom is 0.248 e. The van der Waals surface area contributed by atoms with E-state index in [1.807, 2.05) is 0 Å². The van der Waals surface area contributed by atoms with Gasteiger partial charge < -0.3 is 20.1 Å². The molecule has 128 valence electrons. The van der Waals surface area contributed by atoms with Gasteiger partial charge in [0.15, 0.2) is 11.5 Å². The van der Waals surface area contributed by atoms with Gasteiger partial charge in [0.25, 0.3) is 0 Å². The molecule has 0 aliphatic carbocycles. The van der Waals surface area contributed by atoms with E-state index in [4.69, 9.17) is 9.47 Å². The molecule has 1 aliphatic heterocycles. The van der Waals surface area contributed by atoms with Gasteiger partial charge in [-0.05, 0) is 42.0 Å². The zero-order valence-corrected chi connectivity index (χ0v) is 13.3. The number of carbonyl (C=O) groups is 2. The molecular formula is C18H15FN2O4. The standard InChI is InChI=1S/C18H15FN2O4/c1-11(22)20-15-9-13(4-5-14(15)19)21-18(23)7-3-12-2-6-16-17(8-12)25-10-24-16/h2-9H,10H2,1H3,(H,20,22)(H,21,23)/b7-3+. The summed E-state index contributed by atoms with van der Waals surface area (Å²) in [5, 5.41) is 4.97. The predicted molar refractivity (Wildman–Crippen MR) is 90.9 cm³/mol. The maximum absolute atomic E-state index is 13.6. The van der Waals surface area contributed by atoms with Crippen molar-refractivity contribution in [2.45, 2.75) is 6.92 Å². The smallest absolute Gasteiger partial charge is 0.248 e. The van der Waals surface area contributed by atoms with E-state index < -0.39 is 17.6 Å². The average Bonchev–Trinajstić information content (AvgIpc) is 3.03. The fraction of sp³-hybridized carbons (Fsp3) is 0.111. The number of halogens is 1. The topological polar surface area (TPSA) is 76.7 Å². The molecule has 0 saturated carbocycles. The van der Waals surface area contributed by atoms with Gasteiger partial charge >= 0.3 is 0 Å². The summed E-state index contributed by atoms with van der Waals surface area (Å²) < 4.78 is 24.1. The van der Waals surface area contributed by atoms with Gasteiger partial charge in [-0.15, -0.1) is 0 Å². The SMILES string of the molecule is CC(=O)Nc1cc(NC(=O)/C=C/c2ccc3c(c2)OCO3)ccc1F. The molecule has 0 saturated heterocycles. The van der Waals surface area contributed by atoms with E-state index in [2.05, 4.69) is 10.6 Å². The fourth-order valence-electron chi connectivity index (χ4n) is 2.26. The molecule has 0 unspecified atom stereocenters. The van der Waals surface area contributed by atoms with Gasteiger partial charge in [-0.25, -0.2) is 4.39 Å². The first-order chi connectivity index (χ1) is 12.0. The number of benzene rings is 2. The number of fused-ring (bicyclic) bond motifs is 1. The third-order valence-corrected chi connectivity index (χ3v) is 3.37. The third kappa shape index (κ3) is 4.14. The molecule has 2 N–H and O–H groups in total. The van der Waals surface area contributed by atoms with Crippen LogP contribution in [0.4, 0.5) is 15.8 Å². The summed E-state index contributed by atoms with van der Waals surface area (Å²) in [5.41, 5.74) is 1.15. The van der Waals surface area contributed by atoms with Crippen LogP contribution in [0.2, 0.25) is 0 Å². The van der Waals surface area contributed by atoms with Gasteiger partial charge in [0.1, 0.15) is 5.82 Å². The van der Waals surface area contributed by atoms with E-state index in [1.54, 1.807) is 24.3 Å². The van der Waals surface area contributed by atoms with Crippen molar-refractivity contribution in [3.63, 3.8) is 0 Å². The molecule has 2 aromatic carbocycles. The number of hydrogen-bond acceptors (Lipinski definition) is 4. The molecule has 1 aliphatic rings. The van der Waals surface area contributed by atoms with Crippen LogP contribution in [-0.2, 0) is 9.59 Å². The Labute approximate surface area is 143 Å². The minimum absolute atomic E-state index is 0.00468. The van der Waals surface area contributed by atoms with Crippen molar-refractivity contribution in [3.8, 4) is 11.5 Å². The maximum atomic E-state index is 13.6. The normalized spacial score (nSPS) is 12.2. The first-order valence-corrected chi connectivity index (χ1v) is 7.47. The molecule has 25 heavy (non-hydrogen) atoms. The highest BCUT2D eigenvalue weighted by Crippen LogP contribution is 2.32. The number of rotatable bonds is 4. The van der Waals surface area contributed by atoms with E-state index >= 15 is 0 Å². The van der Waals surface area contributed by atoms with E-state index in [0.717, 1.165) is 5.56 Å². The molecule has 0 atom stereocenters. The van der Waals surface area contributed by atoms with Gasteiger partial charge in [-0.1, -0.05) is 6.07 Å². The number of nitrogens with one attached hydrogen (secondary N) is 2. The van der Waals surface area contributed by atoms with Crippen molar-refractivity contribution in [1.82, 2.24) is 0 Å². The van der Waals surface area contributed by atoms with Crippen LogP contribution in [0.5, 0.6) is 11.5 Å². The fourth-order valence-corrected chi connectivity index (χ4v) is 2.26. The number of amides is 2. The minimum atomic E-state index is -0.580. The third-order valence-electron chi connectivity index (χ3n) is 3.37. The average molecular weight is 342 g/mol. The van der Waals surface area contributed by atoms with Gasteiger partial charge in [0.05, 0.1) is 5.69 Å². The Hall–Kier alpha value is -3.35. The highest BCUT2D eigenvalue weighted by molar-refractivity contribution is 6.02. The molecule has 7 heteroatoms. The molecule has 3 rings (SSSR count). The Morgan fingerprint density at radius 2 is 1.88 bits per heavy atom. The number of carbonyl (C=O) groups excluding carboxylic acids is 2. The monoisotopic (exact) mass is 342 g/mol. The Kier molecular flexibility index (Phi) is 4.65. The van der Waals surface area contributed by atoms with Gasteiger partial charge in [0, 0.05) is 18.7 Å².